The lowest BCUT2D eigenvalue weighted by molar-refractivity contribution is -0.136. The molecule has 1 N–H and O–H groups in total. The van der Waals surface area contributed by atoms with Crippen molar-refractivity contribution in [1.82, 2.24) is 14.8 Å². The van der Waals surface area contributed by atoms with Gasteiger partial charge in [-0.3, -0.25) is 24.4 Å². The zero-order valence-corrected chi connectivity index (χ0v) is 15.9. The van der Waals surface area contributed by atoms with Crippen LogP contribution in [0, 0.1) is 0 Å². The van der Waals surface area contributed by atoms with Gasteiger partial charge >= 0.3 is 0 Å². The minimum absolute atomic E-state index is 0.249. The van der Waals surface area contributed by atoms with Gasteiger partial charge < -0.3 is 10.0 Å². The number of ketones is 1. The number of anilines is 1. The number of rotatable bonds is 5. The molecular weight excluding hydrogens is 356 g/mol. The Hall–Kier alpha value is -2.61. The topological polar surface area (TPSA) is 77.0 Å². The second-order valence-corrected chi connectivity index (χ2v) is 7.49. The summed E-state index contributed by atoms with van der Waals surface area (Å²) in [6.07, 6.45) is 1.21. The molecule has 146 valence electrons. The molecule has 2 aliphatic heterocycles. The van der Waals surface area contributed by atoms with E-state index >= 15 is 0 Å². The highest BCUT2D eigenvalue weighted by molar-refractivity contribution is 6.10. The number of Topliss-reactive ketones (excluding diaryl/α,β-unsaturated/α-hetero) is 1. The maximum Gasteiger partial charge on any atom is 0.265 e. The van der Waals surface area contributed by atoms with Crippen LogP contribution >= 0.6 is 0 Å². The predicted octanol–water partition coefficient (Wildman–Crippen LogP) is 1.09. The van der Waals surface area contributed by atoms with Crippen LogP contribution in [0.4, 0.5) is 5.69 Å². The molecular formula is C21H24N4O3. The highest BCUT2D eigenvalue weighted by atomic mass is 16.3. The number of nitrogens with zero attached hydrogens (tertiary/aromatic N) is 4. The molecule has 2 aliphatic rings. The molecule has 1 amide bonds. The van der Waals surface area contributed by atoms with E-state index in [1.165, 1.54) is 6.20 Å². The van der Waals surface area contributed by atoms with Crippen molar-refractivity contribution in [2.45, 2.75) is 12.0 Å². The van der Waals surface area contributed by atoms with E-state index in [1.807, 2.05) is 12.1 Å². The summed E-state index contributed by atoms with van der Waals surface area (Å²) in [7, 11) is 2.08. The molecule has 7 heteroatoms. The minimum atomic E-state index is -1.86. The SMILES string of the molecule is CN1CCN(CN2C(=O)[C@@](O)(CC(=O)c3ccccn3)c3ccccc32)CC1. The number of aromatic nitrogens is 1. The number of carbonyl (C=O) groups excluding carboxylic acids is 2. The number of benzene rings is 1. The fourth-order valence-electron chi connectivity index (χ4n) is 3.86. The van der Waals surface area contributed by atoms with Crippen LogP contribution in [0.1, 0.15) is 22.5 Å². The van der Waals surface area contributed by atoms with E-state index in [9.17, 15) is 14.7 Å². The molecule has 1 saturated heterocycles. The molecule has 0 aliphatic carbocycles. The normalized spacial score (nSPS) is 23.1. The van der Waals surface area contributed by atoms with Crippen molar-refractivity contribution in [2.75, 3.05) is 44.8 Å². The van der Waals surface area contributed by atoms with Crippen LogP contribution in [0.3, 0.4) is 0 Å². The summed E-state index contributed by atoms with van der Waals surface area (Å²) in [5.41, 5.74) is -0.461. The summed E-state index contributed by atoms with van der Waals surface area (Å²) < 4.78 is 0. The average Bonchev–Trinajstić information content (AvgIpc) is 2.92. The van der Waals surface area contributed by atoms with Gasteiger partial charge in [0.25, 0.3) is 5.91 Å². The van der Waals surface area contributed by atoms with E-state index in [4.69, 9.17) is 0 Å². The van der Waals surface area contributed by atoms with Gasteiger partial charge in [-0.2, -0.15) is 0 Å². The largest absolute Gasteiger partial charge is 0.375 e. The lowest BCUT2D eigenvalue weighted by Gasteiger charge is -2.35. The van der Waals surface area contributed by atoms with Crippen molar-refractivity contribution in [3.63, 3.8) is 0 Å². The molecule has 0 unspecified atom stereocenters. The number of hydrogen-bond acceptors (Lipinski definition) is 6. The van der Waals surface area contributed by atoms with Gasteiger partial charge in [0.15, 0.2) is 11.4 Å². The summed E-state index contributed by atoms with van der Waals surface area (Å²) in [5, 5.41) is 11.3. The number of likely N-dealkylation sites (N-methyl/N-ethyl adjacent to an activating group) is 1. The van der Waals surface area contributed by atoms with Gasteiger partial charge in [0.2, 0.25) is 0 Å². The van der Waals surface area contributed by atoms with Crippen LogP contribution in [0.2, 0.25) is 0 Å². The minimum Gasteiger partial charge on any atom is -0.375 e. The third-order valence-corrected chi connectivity index (χ3v) is 5.54. The highest BCUT2D eigenvalue weighted by Gasteiger charge is 2.51. The van der Waals surface area contributed by atoms with Gasteiger partial charge in [0.1, 0.15) is 5.69 Å². The lowest BCUT2D eigenvalue weighted by atomic mass is 9.89. The van der Waals surface area contributed by atoms with Crippen molar-refractivity contribution in [3.05, 3.63) is 59.9 Å². The molecule has 1 aromatic heterocycles. The Kier molecular flexibility index (Phi) is 4.97. The summed E-state index contributed by atoms with van der Waals surface area (Å²) in [5.74, 6) is -0.801. The number of fused-ring (bicyclic) bond motifs is 1. The van der Waals surface area contributed by atoms with Gasteiger partial charge in [-0.1, -0.05) is 24.3 Å². The second kappa shape index (κ2) is 7.43. The lowest BCUT2D eigenvalue weighted by Crippen LogP contribution is -2.51. The van der Waals surface area contributed by atoms with Crippen molar-refractivity contribution in [2.24, 2.45) is 0 Å². The summed E-state index contributed by atoms with van der Waals surface area (Å²) in [4.78, 5) is 36.0. The van der Waals surface area contributed by atoms with Gasteiger partial charge in [-0.25, -0.2) is 0 Å². The fourth-order valence-corrected chi connectivity index (χ4v) is 3.86. The van der Waals surface area contributed by atoms with Crippen molar-refractivity contribution in [3.8, 4) is 0 Å². The molecule has 3 heterocycles. The van der Waals surface area contributed by atoms with Crippen molar-refractivity contribution >= 4 is 17.4 Å². The first-order valence-corrected chi connectivity index (χ1v) is 9.48. The summed E-state index contributed by atoms with van der Waals surface area (Å²) >= 11 is 0. The smallest absolute Gasteiger partial charge is 0.265 e. The Morgan fingerprint density at radius 1 is 1.11 bits per heavy atom. The Morgan fingerprint density at radius 3 is 2.54 bits per heavy atom. The first-order valence-electron chi connectivity index (χ1n) is 9.48. The molecule has 0 spiro atoms. The van der Waals surface area contributed by atoms with E-state index in [1.54, 1.807) is 35.2 Å². The Labute approximate surface area is 164 Å². The van der Waals surface area contributed by atoms with E-state index in [-0.39, 0.29) is 17.9 Å². The monoisotopic (exact) mass is 380 g/mol. The average molecular weight is 380 g/mol. The number of pyridine rings is 1. The molecule has 0 saturated carbocycles. The van der Waals surface area contributed by atoms with Gasteiger partial charge in [-0.05, 0) is 25.2 Å². The third kappa shape index (κ3) is 3.32. The zero-order valence-electron chi connectivity index (χ0n) is 15.9. The second-order valence-electron chi connectivity index (χ2n) is 7.49. The van der Waals surface area contributed by atoms with Crippen molar-refractivity contribution < 1.29 is 14.7 Å². The quantitative estimate of drug-likeness (QED) is 0.783. The number of para-hydroxylation sites is 1. The Bertz CT molecular complexity index is 880. The predicted molar refractivity (Wildman–Crippen MR) is 105 cm³/mol. The molecule has 28 heavy (non-hydrogen) atoms. The van der Waals surface area contributed by atoms with Crippen LogP contribution in [0.5, 0.6) is 0 Å². The standard InChI is InChI=1S/C21H24N4O3/c1-23-10-12-24(13-11-23)15-25-18-8-3-2-6-16(18)21(28,20(25)27)14-19(26)17-7-4-5-9-22-17/h2-9,28H,10-15H2,1H3/t21-/m1/s1. The maximum absolute atomic E-state index is 13.3. The van der Waals surface area contributed by atoms with E-state index in [2.05, 4.69) is 21.8 Å². The molecule has 0 radical (unpaired) electrons. The van der Waals surface area contributed by atoms with Crippen LogP contribution in [0.15, 0.2) is 48.7 Å². The number of hydrogen-bond donors (Lipinski definition) is 1. The highest BCUT2D eigenvalue weighted by Crippen LogP contribution is 2.42. The Morgan fingerprint density at radius 2 is 1.82 bits per heavy atom. The van der Waals surface area contributed by atoms with E-state index in [0.717, 1.165) is 26.2 Å². The molecule has 2 aromatic rings. The zero-order chi connectivity index (χ0) is 19.7. The number of amides is 1. The van der Waals surface area contributed by atoms with Crippen LogP contribution in [-0.2, 0) is 10.4 Å². The van der Waals surface area contributed by atoms with Gasteiger partial charge in [0.05, 0.1) is 18.8 Å². The van der Waals surface area contributed by atoms with E-state index < -0.39 is 11.5 Å². The Balaban J connectivity index is 1.60. The number of aliphatic hydroxyl groups is 1. The molecule has 1 aromatic carbocycles. The number of piperazine rings is 1. The molecule has 7 nitrogen and oxygen atoms in total. The first kappa shape index (κ1) is 18.7. The summed E-state index contributed by atoms with van der Waals surface area (Å²) in [6.45, 7) is 3.99. The van der Waals surface area contributed by atoms with Crippen LogP contribution in [0.25, 0.3) is 0 Å². The first-order chi connectivity index (χ1) is 13.5. The van der Waals surface area contributed by atoms with Gasteiger partial charge in [-0.15, -0.1) is 0 Å². The summed E-state index contributed by atoms with van der Waals surface area (Å²) in [6, 6.07) is 12.2. The molecule has 1 atom stereocenters. The fraction of sp³-hybridized carbons (Fsp3) is 0.381. The van der Waals surface area contributed by atoms with Crippen LogP contribution < -0.4 is 4.90 Å². The molecule has 4 rings (SSSR count). The third-order valence-electron chi connectivity index (χ3n) is 5.54. The molecule has 1 fully saturated rings. The molecule has 0 bridgehead atoms. The van der Waals surface area contributed by atoms with Crippen LogP contribution in [-0.4, -0.2) is 71.5 Å². The number of carbonyl (C=O) groups is 2. The van der Waals surface area contributed by atoms with Crippen molar-refractivity contribution in [1.29, 1.82) is 0 Å². The van der Waals surface area contributed by atoms with Gasteiger partial charge in [0, 0.05) is 37.9 Å². The van der Waals surface area contributed by atoms with E-state index in [0.29, 0.717) is 17.9 Å². The maximum atomic E-state index is 13.3.